The van der Waals surface area contributed by atoms with Gasteiger partial charge in [0.25, 0.3) is 5.91 Å². The molecule has 0 bridgehead atoms. The summed E-state index contributed by atoms with van der Waals surface area (Å²) in [6.07, 6.45) is -0.646. The molecule has 5 nitrogen and oxygen atoms in total. The van der Waals surface area contributed by atoms with Crippen molar-refractivity contribution < 1.29 is 9.53 Å². The first kappa shape index (κ1) is 20.1. The van der Waals surface area contributed by atoms with E-state index < -0.39 is 6.10 Å². The summed E-state index contributed by atoms with van der Waals surface area (Å²) in [6, 6.07) is 25.5. The number of amides is 1. The molecule has 0 fully saturated rings. The minimum Gasteiger partial charge on any atom is -0.481 e. The summed E-state index contributed by atoms with van der Waals surface area (Å²) >= 11 is 2.92. The van der Waals surface area contributed by atoms with Gasteiger partial charge in [-0.05, 0) is 42.3 Å². The number of carbonyl (C=O) groups is 1. The van der Waals surface area contributed by atoms with Crippen LogP contribution in [0.1, 0.15) is 6.92 Å². The zero-order valence-electron chi connectivity index (χ0n) is 16.2. The lowest BCUT2D eigenvalue weighted by atomic mass is 10.1. The molecule has 0 saturated heterocycles. The van der Waals surface area contributed by atoms with Gasteiger partial charge in [0.2, 0.25) is 0 Å². The maximum absolute atomic E-state index is 12.7. The number of hydrogen-bond acceptors (Lipinski definition) is 6. The fourth-order valence-corrected chi connectivity index (χ4v) is 4.33. The van der Waals surface area contributed by atoms with Crippen molar-refractivity contribution in [3.63, 3.8) is 0 Å². The van der Waals surface area contributed by atoms with Gasteiger partial charge in [0.1, 0.15) is 11.3 Å². The van der Waals surface area contributed by atoms with Gasteiger partial charge in [0.05, 0.1) is 5.69 Å². The summed E-state index contributed by atoms with van der Waals surface area (Å²) in [6.45, 7) is 1.74. The van der Waals surface area contributed by atoms with Crippen molar-refractivity contribution in [1.82, 2.24) is 10.2 Å². The standard InChI is InChI=1S/C23H19N3O2S2/c1-16(28-19-13-11-18(12-14-19)17-7-3-2-4-8-17)22(27)25-20-9-5-6-10-21(20)30-23-26-24-15-29-23/h2-16H,1H3,(H,25,27). The van der Waals surface area contributed by atoms with Gasteiger partial charge in [-0.25, -0.2) is 0 Å². The largest absolute Gasteiger partial charge is 0.481 e. The molecule has 4 aromatic rings. The van der Waals surface area contributed by atoms with E-state index in [-0.39, 0.29) is 5.91 Å². The number of ether oxygens (including phenoxy) is 1. The Labute approximate surface area is 183 Å². The molecular formula is C23H19N3O2S2. The summed E-state index contributed by atoms with van der Waals surface area (Å²) in [4.78, 5) is 13.6. The minimum absolute atomic E-state index is 0.215. The number of benzene rings is 3. The second-order valence-electron chi connectivity index (χ2n) is 6.44. The second kappa shape index (κ2) is 9.56. The summed E-state index contributed by atoms with van der Waals surface area (Å²) < 4.78 is 6.66. The van der Waals surface area contributed by atoms with Gasteiger partial charge in [0, 0.05) is 4.90 Å². The second-order valence-corrected chi connectivity index (χ2v) is 8.56. The number of carbonyl (C=O) groups excluding carboxylic acids is 1. The molecule has 0 aliphatic heterocycles. The summed E-state index contributed by atoms with van der Waals surface area (Å²) in [5, 5.41) is 10.8. The molecule has 3 aromatic carbocycles. The van der Waals surface area contributed by atoms with Crippen LogP contribution >= 0.6 is 23.1 Å². The molecule has 1 N–H and O–H groups in total. The van der Waals surface area contributed by atoms with E-state index in [1.807, 2.05) is 66.7 Å². The number of para-hydroxylation sites is 1. The molecule has 1 aromatic heterocycles. The van der Waals surface area contributed by atoms with Crippen LogP contribution in [0.15, 0.2) is 93.6 Å². The lowest BCUT2D eigenvalue weighted by Crippen LogP contribution is -2.30. The normalized spacial score (nSPS) is 11.6. The number of nitrogens with one attached hydrogen (secondary N) is 1. The Morgan fingerprint density at radius 2 is 1.67 bits per heavy atom. The molecule has 1 atom stereocenters. The lowest BCUT2D eigenvalue weighted by molar-refractivity contribution is -0.122. The van der Waals surface area contributed by atoms with Gasteiger partial charge < -0.3 is 10.1 Å². The Hall–Kier alpha value is -3.16. The molecule has 0 spiro atoms. The van der Waals surface area contributed by atoms with E-state index in [4.69, 9.17) is 4.74 Å². The van der Waals surface area contributed by atoms with Gasteiger partial charge in [-0.1, -0.05) is 77.7 Å². The van der Waals surface area contributed by atoms with Crippen LogP contribution in [-0.4, -0.2) is 22.2 Å². The third kappa shape index (κ3) is 5.06. The summed E-state index contributed by atoms with van der Waals surface area (Å²) in [5.74, 6) is 0.432. The number of hydrogen-bond donors (Lipinski definition) is 1. The van der Waals surface area contributed by atoms with Gasteiger partial charge >= 0.3 is 0 Å². The third-order valence-electron chi connectivity index (χ3n) is 4.33. The highest BCUT2D eigenvalue weighted by atomic mass is 32.2. The van der Waals surface area contributed by atoms with E-state index in [1.165, 1.54) is 23.1 Å². The smallest absolute Gasteiger partial charge is 0.265 e. The van der Waals surface area contributed by atoms with Crippen LogP contribution in [0.4, 0.5) is 5.69 Å². The SMILES string of the molecule is CC(Oc1ccc(-c2ccccc2)cc1)C(=O)Nc1ccccc1Sc1nncs1. The van der Waals surface area contributed by atoms with E-state index in [9.17, 15) is 4.79 Å². The van der Waals surface area contributed by atoms with Crippen molar-refractivity contribution in [3.05, 3.63) is 84.4 Å². The zero-order chi connectivity index (χ0) is 20.8. The van der Waals surface area contributed by atoms with Crippen molar-refractivity contribution in [2.45, 2.75) is 22.3 Å². The van der Waals surface area contributed by atoms with Gasteiger partial charge in [0.15, 0.2) is 10.4 Å². The molecule has 0 saturated carbocycles. The van der Waals surface area contributed by atoms with Crippen molar-refractivity contribution >= 4 is 34.7 Å². The molecule has 30 heavy (non-hydrogen) atoms. The molecule has 7 heteroatoms. The van der Waals surface area contributed by atoms with Crippen molar-refractivity contribution in [1.29, 1.82) is 0 Å². The first-order valence-electron chi connectivity index (χ1n) is 9.35. The predicted octanol–water partition coefficient (Wildman–Crippen LogP) is 5.76. The summed E-state index contributed by atoms with van der Waals surface area (Å²) in [5.41, 5.74) is 4.64. The van der Waals surface area contributed by atoms with Gasteiger partial charge in [-0.3, -0.25) is 4.79 Å². The lowest BCUT2D eigenvalue weighted by Gasteiger charge is -2.16. The van der Waals surface area contributed by atoms with Crippen LogP contribution < -0.4 is 10.1 Å². The van der Waals surface area contributed by atoms with Crippen LogP contribution in [0.5, 0.6) is 5.75 Å². The average molecular weight is 434 g/mol. The Morgan fingerprint density at radius 1 is 0.967 bits per heavy atom. The zero-order valence-corrected chi connectivity index (χ0v) is 17.8. The van der Waals surface area contributed by atoms with E-state index in [1.54, 1.807) is 12.4 Å². The number of aromatic nitrogens is 2. The molecule has 150 valence electrons. The maximum Gasteiger partial charge on any atom is 0.265 e. The molecule has 0 aliphatic rings. The molecule has 0 radical (unpaired) electrons. The highest BCUT2D eigenvalue weighted by molar-refractivity contribution is 8.01. The van der Waals surface area contributed by atoms with Crippen LogP contribution in [0, 0.1) is 0 Å². The average Bonchev–Trinajstić information content (AvgIpc) is 3.29. The molecule has 0 aliphatic carbocycles. The Kier molecular flexibility index (Phi) is 6.41. The third-order valence-corrected chi connectivity index (χ3v) is 6.18. The maximum atomic E-state index is 12.7. The van der Waals surface area contributed by atoms with E-state index in [0.29, 0.717) is 5.75 Å². The number of nitrogens with zero attached hydrogens (tertiary/aromatic N) is 2. The van der Waals surface area contributed by atoms with Crippen LogP contribution in [-0.2, 0) is 4.79 Å². The highest BCUT2D eigenvalue weighted by Crippen LogP contribution is 2.34. The fraction of sp³-hybridized carbons (Fsp3) is 0.0870. The fourth-order valence-electron chi connectivity index (χ4n) is 2.81. The van der Waals surface area contributed by atoms with Crippen LogP contribution in [0.2, 0.25) is 0 Å². The van der Waals surface area contributed by atoms with E-state index in [2.05, 4.69) is 27.6 Å². The number of rotatable bonds is 7. The van der Waals surface area contributed by atoms with Crippen molar-refractivity contribution in [2.75, 3.05) is 5.32 Å². The monoisotopic (exact) mass is 433 g/mol. The Morgan fingerprint density at radius 3 is 2.40 bits per heavy atom. The first-order valence-corrected chi connectivity index (χ1v) is 11.0. The molecule has 1 heterocycles. The van der Waals surface area contributed by atoms with E-state index in [0.717, 1.165) is 26.0 Å². The van der Waals surface area contributed by atoms with Gasteiger partial charge in [-0.15, -0.1) is 10.2 Å². The van der Waals surface area contributed by atoms with Crippen LogP contribution in [0.3, 0.4) is 0 Å². The molecule has 1 amide bonds. The predicted molar refractivity (Wildman–Crippen MR) is 121 cm³/mol. The molecular weight excluding hydrogens is 414 g/mol. The Bertz CT molecular complexity index is 1100. The van der Waals surface area contributed by atoms with Crippen molar-refractivity contribution in [2.24, 2.45) is 0 Å². The topological polar surface area (TPSA) is 64.1 Å². The quantitative estimate of drug-likeness (QED) is 0.401. The van der Waals surface area contributed by atoms with Crippen molar-refractivity contribution in [3.8, 4) is 16.9 Å². The van der Waals surface area contributed by atoms with E-state index >= 15 is 0 Å². The minimum atomic E-state index is -0.646. The molecule has 1 unspecified atom stereocenters. The van der Waals surface area contributed by atoms with Crippen LogP contribution in [0.25, 0.3) is 11.1 Å². The summed E-state index contributed by atoms with van der Waals surface area (Å²) in [7, 11) is 0. The Balaban J connectivity index is 1.40. The molecule has 4 rings (SSSR count). The highest BCUT2D eigenvalue weighted by Gasteiger charge is 2.17. The first-order chi connectivity index (χ1) is 14.7. The number of anilines is 1. The van der Waals surface area contributed by atoms with Gasteiger partial charge in [-0.2, -0.15) is 0 Å².